The van der Waals surface area contributed by atoms with E-state index in [1.807, 2.05) is 97.1 Å². The second-order valence-electron chi connectivity index (χ2n) is 8.36. The first-order chi connectivity index (χ1) is 16.1. The van der Waals surface area contributed by atoms with Crippen LogP contribution >= 0.6 is 14.7 Å². The molecule has 2 aliphatic rings. The Hall–Kier alpha value is -3.00. The lowest BCUT2D eigenvalue weighted by Gasteiger charge is -2.30. The zero-order valence-electron chi connectivity index (χ0n) is 17.9. The molecule has 7 heteroatoms. The van der Waals surface area contributed by atoms with Crippen LogP contribution in [-0.4, -0.2) is 19.4 Å². The molecule has 2 aliphatic heterocycles. The number of hydrogen-bond donors (Lipinski definition) is 0. The summed E-state index contributed by atoms with van der Waals surface area (Å²) in [5.41, 5.74) is 3.80. The maximum atomic E-state index is 14.1. The van der Waals surface area contributed by atoms with E-state index < -0.39 is 14.7 Å². The molecule has 0 aliphatic carbocycles. The highest BCUT2D eigenvalue weighted by atomic mass is 31.2. The normalized spacial score (nSPS) is 21.9. The molecule has 0 radical (unpaired) electrons. The van der Waals surface area contributed by atoms with Crippen molar-refractivity contribution in [3.05, 3.63) is 97.1 Å². The Morgan fingerprint density at radius 3 is 1.33 bits per heavy atom. The van der Waals surface area contributed by atoms with Gasteiger partial charge in [-0.1, -0.05) is 72.8 Å². The van der Waals surface area contributed by atoms with E-state index in [0.717, 1.165) is 32.9 Å². The van der Waals surface area contributed by atoms with Gasteiger partial charge in [0.2, 0.25) is 0 Å². The molecule has 4 aromatic carbocycles. The van der Waals surface area contributed by atoms with E-state index in [2.05, 4.69) is 0 Å². The van der Waals surface area contributed by atoms with Gasteiger partial charge in [-0.3, -0.25) is 9.13 Å². The fourth-order valence-electron chi connectivity index (χ4n) is 4.77. The van der Waals surface area contributed by atoms with E-state index in [-0.39, 0.29) is 0 Å². The minimum Gasteiger partial charge on any atom is -0.440 e. The maximum Gasteiger partial charge on any atom is 0.270 e. The van der Waals surface area contributed by atoms with E-state index in [4.69, 9.17) is 9.05 Å². The molecule has 0 bridgehead atoms. The van der Waals surface area contributed by atoms with Gasteiger partial charge in [0.15, 0.2) is 0 Å². The Labute approximate surface area is 193 Å². The third-order valence-corrected chi connectivity index (χ3v) is 11.3. The van der Waals surface area contributed by atoms with E-state index in [9.17, 15) is 9.13 Å². The van der Waals surface area contributed by atoms with Gasteiger partial charge in [-0.15, -0.1) is 0 Å². The Kier molecular flexibility index (Phi) is 4.87. The van der Waals surface area contributed by atoms with Crippen molar-refractivity contribution < 1.29 is 18.2 Å². The second kappa shape index (κ2) is 7.80. The van der Waals surface area contributed by atoms with Crippen LogP contribution in [0.3, 0.4) is 0 Å². The van der Waals surface area contributed by atoms with Gasteiger partial charge in [-0.25, -0.2) is 0 Å². The van der Waals surface area contributed by atoms with Crippen LogP contribution in [0.25, 0.3) is 22.3 Å². The van der Waals surface area contributed by atoms with Gasteiger partial charge in [0.05, 0.1) is 10.6 Å². The first-order valence-electron chi connectivity index (χ1n) is 11.0. The van der Waals surface area contributed by atoms with Crippen LogP contribution < -0.4 is 19.7 Å². The molecule has 0 saturated carbocycles. The third-order valence-electron chi connectivity index (χ3n) is 6.29. The lowest BCUT2D eigenvalue weighted by Crippen LogP contribution is -2.26. The summed E-state index contributed by atoms with van der Waals surface area (Å²) in [6.45, 7) is 0. The molecule has 0 amide bonds. The summed E-state index contributed by atoms with van der Waals surface area (Å²) in [7, 11) is -5.86. The molecule has 4 nitrogen and oxygen atoms in total. The van der Waals surface area contributed by atoms with Crippen molar-refractivity contribution in [2.24, 2.45) is 0 Å². The van der Waals surface area contributed by atoms with Gasteiger partial charge in [0.25, 0.3) is 14.7 Å². The van der Waals surface area contributed by atoms with Crippen molar-refractivity contribution in [1.82, 2.24) is 0 Å². The number of para-hydroxylation sites is 2. The molecule has 2 heterocycles. The minimum atomic E-state index is -3.16. The van der Waals surface area contributed by atoms with Crippen LogP contribution in [0.2, 0.25) is 0 Å². The van der Waals surface area contributed by atoms with Crippen molar-refractivity contribution in [3.63, 3.8) is 0 Å². The molecular formula is C26H21BO4P2. The Morgan fingerprint density at radius 1 is 0.515 bits per heavy atom. The van der Waals surface area contributed by atoms with Crippen LogP contribution in [0, 0.1) is 0 Å². The summed E-state index contributed by atoms with van der Waals surface area (Å²) >= 11 is 0. The molecule has 2 unspecified atom stereocenters. The van der Waals surface area contributed by atoms with Gasteiger partial charge in [0, 0.05) is 23.2 Å². The molecule has 162 valence electrons. The highest BCUT2D eigenvalue weighted by molar-refractivity contribution is 7.71. The van der Waals surface area contributed by atoms with E-state index in [0.29, 0.717) is 30.9 Å². The molecule has 2 atom stereocenters. The fourth-order valence-corrected chi connectivity index (χ4v) is 9.73. The monoisotopic (exact) mass is 470 g/mol. The van der Waals surface area contributed by atoms with Gasteiger partial charge in [-0.2, -0.15) is 0 Å². The molecule has 0 aromatic heterocycles. The largest absolute Gasteiger partial charge is 0.440 e. The molecule has 0 saturated heterocycles. The van der Waals surface area contributed by atoms with Crippen molar-refractivity contribution in [1.29, 1.82) is 0 Å². The molecule has 4 aromatic rings. The van der Waals surface area contributed by atoms with Crippen molar-refractivity contribution in [3.8, 4) is 33.8 Å². The van der Waals surface area contributed by atoms with Gasteiger partial charge < -0.3 is 9.05 Å². The predicted octanol–water partition coefficient (Wildman–Crippen LogP) is 5.66. The summed E-state index contributed by atoms with van der Waals surface area (Å²) in [6.07, 6.45) is 0. The number of fused-ring (bicyclic) bond motifs is 6. The molecular weight excluding hydrogens is 449 g/mol. The molecule has 6 rings (SSSR count). The SMILES string of the molecule is O=P1(CBCP2(=O)Oc3ccccc3-c3ccccc32)Oc2ccccc2-c2ccccc21. The smallest absolute Gasteiger partial charge is 0.270 e. The summed E-state index contributed by atoms with van der Waals surface area (Å²) in [5.74, 6) is 1.28. The number of hydrogen-bond acceptors (Lipinski definition) is 4. The predicted molar refractivity (Wildman–Crippen MR) is 136 cm³/mol. The van der Waals surface area contributed by atoms with Crippen LogP contribution in [0.4, 0.5) is 0 Å². The minimum absolute atomic E-state index is 0.301. The van der Waals surface area contributed by atoms with E-state index >= 15 is 0 Å². The Bertz CT molecular complexity index is 1370. The molecule has 33 heavy (non-hydrogen) atoms. The van der Waals surface area contributed by atoms with Crippen LogP contribution in [0.15, 0.2) is 97.1 Å². The van der Waals surface area contributed by atoms with Crippen LogP contribution in [-0.2, 0) is 9.13 Å². The van der Waals surface area contributed by atoms with Gasteiger partial charge in [0.1, 0.15) is 18.8 Å². The van der Waals surface area contributed by atoms with Crippen LogP contribution in [0.5, 0.6) is 11.5 Å². The molecule has 0 fully saturated rings. The topological polar surface area (TPSA) is 52.6 Å². The standard InChI is InChI=1S/C26H21BO4P2/c28-32(25-15-7-3-11-21(25)19-9-1-5-13-23(19)30-32)17-27-18-33(29)26-16-8-4-12-22(26)20-10-2-6-14-24(20)31-33/h1-16,27H,17-18H2. The second-order valence-corrected chi connectivity index (χ2v) is 13.3. The molecule has 0 spiro atoms. The summed E-state index contributed by atoms with van der Waals surface area (Å²) in [6, 6.07) is 31.4. The van der Waals surface area contributed by atoms with Gasteiger partial charge >= 0.3 is 0 Å². The lowest BCUT2D eigenvalue weighted by atomic mass is 9.86. The average molecular weight is 470 g/mol. The molecule has 0 N–H and O–H groups in total. The van der Waals surface area contributed by atoms with Crippen molar-refractivity contribution in [2.75, 3.05) is 12.1 Å². The van der Waals surface area contributed by atoms with E-state index in [1.54, 1.807) is 0 Å². The Morgan fingerprint density at radius 2 is 0.879 bits per heavy atom. The highest BCUT2D eigenvalue weighted by Gasteiger charge is 2.39. The quantitative estimate of drug-likeness (QED) is 0.285. The van der Waals surface area contributed by atoms with E-state index in [1.165, 1.54) is 0 Å². The van der Waals surface area contributed by atoms with Crippen molar-refractivity contribution >= 4 is 32.6 Å². The highest BCUT2D eigenvalue weighted by Crippen LogP contribution is 2.57. The van der Waals surface area contributed by atoms with Crippen molar-refractivity contribution in [2.45, 2.75) is 0 Å². The maximum absolute atomic E-state index is 14.1. The number of rotatable bonds is 4. The number of benzene rings is 4. The zero-order valence-corrected chi connectivity index (χ0v) is 19.7. The zero-order chi connectivity index (χ0) is 22.5. The lowest BCUT2D eigenvalue weighted by molar-refractivity contribution is 0.495. The summed E-state index contributed by atoms with van der Waals surface area (Å²) < 4.78 is 40.3. The third kappa shape index (κ3) is 3.39. The average Bonchev–Trinajstić information content (AvgIpc) is 2.84. The van der Waals surface area contributed by atoms with Crippen LogP contribution in [0.1, 0.15) is 0 Å². The Balaban J connectivity index is 1.30. The summed E-state index contributed by atoms with van der Waals surface area (Å²) in [4.78, 5) is 0. The van der Waals surface area contributed by atoms with Gasteiger partial charge in [-0.05, 0) is 35.4 Å². The first kappa shape index (κ1) is 20.6. The first-order valence-corrected chi connectivity index (χ1v) is 14.6. The fraction of sp³-hybridized carbons (Fsp3) is 0.0769. The summed E-state index contributed by atoms with van der Waals surface area (Å²) in [5, 5.41) is 1.47.